The molecule has 1 aliphatic heterocycles. The smallest absolute Gasteiger partial charge is 0.173 e. The number of benzene rings is 2. The van der Waals surface area contributed by atoms with E-state index in [2.05, 4.69) is 73.0 Å². The zero-order valence-corrected chi connectivity index (χ0v) is 16.4. The van der Waals surface area contributed by atoms with Crippen molar-refractivity contribution in [1.82, 2.24) is 4.23 Å². The second-order valence-electron chi connectivity index (χ2n) is 6.88. The predicted molar refractivity (Wildman–Crippen MR) is 103 cm³/mol. The Bertz CT molecular complexity index is 688. The number of hydrogen-bond acceptors (Lipinski definition) is 1. The molecule has 0 spiro atoms. The van der Waals surface area contributed by atoms with Crippen molar-refractivity contribution in [3.05, 3.63) is 66.4 Å². The molecule has 0 aromatic heterocycles. The highest BCUT2D eigenvalue weighted by Crippen LogP contribution is 2.30. The summed E-state index contributed by atoms with van der Waals surface area (Å²) in [5.41, 5.74) is 1.09. The lowest BCUT2D eigenvalue weighted by Crippen LogP contribution is -2.57. The molecule has 2 aromatic carbocycles. The summed E-state index contributed by atoms with van der Waals surface area (Å²) in [4.78, 5) is 0. The first-order valence-electron chi connectivity index (χ1n) is 7.67. The molecule has 0 N–H and O–H groups in total. The first-order valence-corrected chi connectivity index (χ1v) is 13.9. The fourth-order valence-corrected chi connectivity index (χ4v) is 16.1. The van der Waals surface area contributed by atoms with E-state index in [1.807, 2.05) is 18.2 Å². The summed E-state index contributed by atoms with van der Waals surface area (Å²) >= 11 is 6.65. The molecule has 0 atom stereocenters. The average molecular weight is 344 g/mol. The van der Waals surface area contributed by atoms with Crippen molar-refractivity contribution < 1.29 is 0 Å². The zero-order valence-electron chi connectivity index (χ0n) is 13.6. The maximum atomic E-state index is 6.65. The average Bonchev–Trinajstić information content (AvgIpc) is 2.66. The van der Waals surface area contributed by atoms with Gasteiger partial charge in [0.05, 0.1) is 5.03 Å². The first-order chi connectivity index (χ1) is 10.3. The molecule has 1 heterocycles. The van der Waals surface area contributed by atoms with Gasteiger partial charge in [-0.1, -0.05) is 66.2 Å². The number of nitrogens with zero attached hydrogens (tertiary/aromatic N) is 1. The largest absolute Gasteiger partial charge is 0.422 e. The Balaban J connectivity index is 2.09. The van der Waals surface area contributed by atoms with Crippen LogP contribution in [0.15, 0.2) is 60.8 Å². The van der Waals surface area contributed by atoms with Gasteiger partial charge in [-0.3, -0.25) is 0 Å². The van der Waals surface area contributed by atoms with Crippen LogP contribution in [0.1, 0.15) is 5.56 Å². The molecule has 0 bridgehead atoms. The molecule has 22 heavy (non-hydrogen) atoms. The molecule has 3 rings (SSSR count). The summed E-state index contributed by atoms with van der Waals surface area (Å²) in [6.07, 6.45) is 2.22. The molecule has 0 saturated heterocycles. The lowest BCUT2D eigenvalue weighted by Gasteiger charge is -2.39. The van der Waals surface area contributed by atoms with E-state index < -0.39 is 16.5 Å². The van der Waals surface area contributed by atoms with Crippen molar-refractivity contribution in [2.45, 2.75) is 26.2 Å². The van der Waals surface area contributed by atoms with Gasteiger partial charge >= 0.3 is 0 Å². The molecule has 2 aromatic rings. The van der Waals surface area contributed by atoms with Crippen LogP contribution in [-0.4, -0.2) is 20.7 Å². The lowest BCUT2D eigenvalue weighted by molar-refractivity contribution is 0.867. The van der Waals surface area contributed by atoms with Crippen LogP contribution in [0.4, 0.5) is 0 Å². The number of rotatable bonds is 2. The van der Waals surface area contributed by atoms with Crippen molar-refractivity contribution >= 4 is 43.5 Å². The van der Waals surface area contributed by atoms with Crippen molar-refractivity contribution in [3.63, 3.8) is 0 Å². The highest BCUT2D eigenvalue weighted by Gasteiger charge is 2.50. The Morgan fingerprint density at radius 2 is 1.27 bits per heavy atom. The summed E-state index contributed by atoms with van der Waals surface area (Å²) in [6.45, 7) is 9.72. The van der Waals surface area contributed by atoms with Crippen LogP contribution in [-0.2, 0) is 0 Å². The second-order valence-corrected chi connectivity index (χ2v) is 16.0. The van der Waals surface area contributed by atoms with E-state index in [9.17, 15) is 0 Å². The quantitative estimate of drug-likeness (QED) is 0.743. The predicted octanol–water partition coefficient (Wildman–Crippen LogP) is 4.06. The molecule has 0 radical (unpaired) electrons. The van der Waals surface area contributed by atoms with Crippen LogP contribution in [0.2, 0.25) is 26.2 Å². The molecular weight excluding hydrogens is 322 g/mol. The van der Waals surface area contributed by atoms with Crippen LogP contribution < -0.4 is 10.4 Å². The van der Waals surface area contributed by atoms with E-state index in [0.717, 1.165) is 10.6 Å². The monoisotopic (exact) mass is 343 g/mol. The Labute approximate surface area is 140 Å². The minimum atomic E-state index is -1.69. The Hall–Kier alpha value is -1.30. The van der Waals surface area contributed by atoms with E-state index in [0.29, 0.717) is 0 Å². The Morgan fingerprint density at radius 1 is 0.818 bits per heavy atom. The number of hydrogen-bond donors (Lipinski definition) is 0. The molecule has 114 valence electrons. The lowest BCUT2D eigenvalue weighted by atomic mass is 10.2. The van der Waals surface area contributed by atoms with Gasteiger partial charge in [0.2, 0.25) is 0 Å². The maximum absolute atomic E-state index is 6.65. The second kappa shape index (κ2) is 5.41. The SMILES string of the molecule is C[Si]1(C)c2ccccc2[Si](C)(C)N1/C=C(\Cl)c1ccccc1. The van der Waals surface area contributed by atoms with Crippen LogP contribution in [0.3, 0.4) is 0 Å². The Morgan fingerprint density at radius 3 is 1.77 bits per heavy atom. The van der Waals surface area contributed by atoms with Crippen molar-refractivity contribution in [3.8, 4) is 0 Å². The molecular formula is C18H22ClNSi2. The van der Waals surface area contributed by atoms with Crippen LogP contribution in [0.5, 0.6) is 0 Å². The number of fused-ring (bicyclic) bond motifs is 1. The van der Waals surface area contributed by atoms with Gasteiger partial charge in [-0.25, -0.2) is 0 Å². The third kappa shape index (κ3) is 2.37. The van der Waals surface area contributed by atoms with E-state index >= 15 is 0 Å². The fourth-order valence-electron chi connectivity index (χ4n) is 3.62. The number of halogens is 1. The fraction of sp³-hybridized carbons (Fsp3) is 0.222. The van der Waals surface area contributed by atoms with E-state index in [1.165, 1.54) is 0 Å². The summed E-state index contributed by atoms with van der Waals surface area (Å²) in [5.74, 6) is 0. The van der Waals surface area contributed by atoms with Gasteiger partial charge in [-0.15, -0.1) is 0 Å². The topological polar surface area (TPSA) is 3.24 Å². The van der Waals surface area contributed by atoms with E-state index in [1.54, 1.807) is 10.4 Å². The normalized spacial score (nSPS) is 19.1. The minimum Gasteiger partial charge on any atom is -0.422 e. The van der Waals surface area contributed by atoms with Gasteiger partial charge in [-0.05, 0) is 42.1 Å². The van der Waals surface area contributed by atoms with Gasteiger partial charge in [0.15, 0.2) is 16.5 Å². The van der Waals surface area contributed by atoms with Gasteiger partial charge in [0.1, 0.15) is 0 Å². The van der Waals surface area contributed by atoms with Crippen molar-refractivity contribution in [2.75, 3.05) is 0 Å². The molecule has 1 nitrogen and oxygen atoms in total. The van der Waals surface area contributed by atoms with Gasteiger partial charge < -0.3 is 4.23 Å². The summed E-state index contributed by atoms with van der Waals surface area (Å²) in [7, 11) is -3.37. The third-order valence-corrected chi connectivity index (χ3v) is 14.8. The van der Waals surface area contributed by atoms with Crippen LogP contribution >= 0.6 is 11.6 Å². The zero-order chi connectivity index (χ0) is 16.0. The molecule has 0 unspecified atom stereocenters. The highest BCUT2D eigenvalue weighted by molar-refractivity contribution is 7.10. The molecule has 0 fully saturated rings. The maximum Gasteiger partial charge on any atom is 0.173 e. The third-order valence-electron chi connectivity index (χ3n) is 4.74. The molecule has 4 heteroatoms. The summed E-state index contributed by atoms with van der Waals surface area (Å²) in [6, 6.07) is 19.2. The van der Waals surface area contributed by atoms with Crippen LogP contribution in [0.25, 0.3) is 5.03 Å². The van der Waals surface area contributed by atoms with E-state index in [4.69, 9.17) is 11.6 Å². The standard InChI is InChI=1S/C18H22ClNSi2/c1-21(2)17-12-8-9-13-18(17)22(3,4)20(21)14-16(19)15-10-6-5-7-11-15/h5-14H,1-4H3/b16-14-. The van der Waals surface area contributed by atoms with Crippen molar-refractivity contribution in [1.29, 1.82) is 0 Å². The summed E-state index contributed by atoms with van der Waals surface area (Å²) < 4.78 is 2.65. The van der Waals surface area contributed by atoms with Gasteiger partial charge in [0, 0.05) is 6.20 Å². The van der Waals surface area contributed by atoms with Gasteiger partial charge in [0.25, 0.3) is 0 Å². The minimum absolute atomic E-state index is 0.842. The highest BCUT2D eigenvalue weighted by atomic mass is 35.5. The molecule has 0 saturated carbocycles. The Kier molecular flexibility index (Phi) is 3.83. The van der Waals surface area contributed by atoms with E-state index in [-0.39, 0.29) is 0 Å². The van der Waals surface area contributed by atoms with Gasteiger partial charge in [-0.2, -0.15) is 0 Å². The molecule has 0 aliphatic carbocycles. The van der Waals surface area contributed by atoms with Crippen LogP contribution in [0, 0.1) is 0 Å². The summed E-state index contributed by atoms with van der Waals surface area (Å²) in [5, 5.41) is 3.98. The molecule has 1 aliphatic rings. The molecule has 0 amide bonds. The van der Waals surface area contributed by atoms with Crippen molar-refractivity contribution in [2.24, 2.45) is 0 Å². The first kappa shape index (κ1) is 15.6.